The highest BCUT2D eigenvalue weighted by Crippen LogP contribution is 2.60. The second-order valence-corrected chi connectivity index (χ2v) is 11.8. The maximum atomic E-state index is 14.1. The lowest BCUT2D eigenvalue weighted by Crippen LogP contribution is -2.48. The van der Waals surface area contributed by atoms with Gasteiger partial charge in [0.05, 0.1) is 5.56 Å². The molecular formula is C32H31F3N4O4. The van der Waals surface area contributed by atoms with Crippen molar-refractivity contribution in [2.45, 2.75) is 57.0 Å². The third-order valence-corrected chi connectivity index (χ3v) is 8.81. The molecule has 1 saturated heterocycles. The van der Waals surface area contributed by atoms with Gasteiger partial charge in [-0.15, -0.1) is 0 Å². The predicted molar refractivity (Wildman–Crippen MR) is 151 cm³/mol. The van der Waals surface area contributed by atoms with E-state index in [9.17, 15) is 22.8 Å². The summed E-state index contributed by atoms with van der Waals surface area (Å²) < 4.78 is 54.4. The van der Waals surface area contributed by atoms with Crippen LogP contribution in [0.1, 0.15) is 58.3 Å². The molecule has 43 heavy (non-hydrogen) atoms. The number of carbonyl (C=O) groups is 2. The lowest BCUT2D eigenvalue weighted by Gasteiger charge is -2.32. The monoisotopic (exact) mass is 592 g/mol. The van der Waals surface area contributed by atoms with E-state index < -0.39 is 11.7 Å². The number of halogens is 3. The van der Waals surface area contributed by atoms with Gasteiger partial charge in [0.1, 0.15) is 29.2 Å². The molecule has 0 spiro atoms. The van der Waals surface area contributed by atoms with E-state index in [0.29, 0.717) is 43.2 Å². The molecule has 0 unspecified atom stereocenters. The van der Waals surface area contributed by atoms with E-state index in [0.717, 1.165) is 29.5 Å². The first-order valence-corrected chi connectivity index (χ1v) is 14.6. The minimum absolute atomic E-state index is 0.0239. The molecule has 0 radical (unpaired) electrons. The lowest BCUT2D eigenvalue weighted by atomic mass is 9.97. The number of pyridine rings is 1. The average Bonchev–Trinajstić information content (AvgIpc) is 3.48. The standard InChI is InChI=1S/C32H31F3N4O4/c1-17-15-39(11-10-36-17)16-19-3-2-18(12-24(19)32(33,34)35)25(40)14-23-29-22-13-20(4-6-26(22)43-30(23)29)42-27-8-9-37-31-21(27)5-7-28(41)38-31/h2-4,6,8-9,12-13,17,23,29-30,36H,5,7,10-11,14-16H2,1H3,(H,37,38,41)/t17-,23-,29-,30+/m0/s1. The Kier molecular flexibility index (Phi) is 6.89. The van der Waals surface area contributed by atoms with E-state index in [1.165, 1.54) is 12.1 Å². The topological polar surface area (TPSA) is 92.8 Å². The number of hydrogen-bond donors (Lipinski definition) is 2. The predicted octanol–water partition coefficient (Wildman–Crippen LogP) is 5.32. The Bertz CT molecular complexity index is 1610. The third kappa shape index (κ3) is 5.47. The van der Waals surface area contributed by atoms with Crippen molar-refractivity contribution in [1.82, 2.24) is 15.2 Å². The van der Waals surface area contributed by atoms with Gasteiger partial charge in [-0.05, 0) is 49.2 Å². The molecule has 1 aromatic heterocycles. The zero-order valence-electron chi connectivity index (χ0n) is 23.5. The van der Waals surface area contributed by atoms with Crippen LogP contribution in [0.4, 0.5) is 19.0 Å². The second kappa shape index (κ2) is 10.6. The smallest absolute Gasteiger partial charge is 0.416 e. The normalized spacial score (nSPS) is 24.3. The van der Waals surface area contributed by atoms with Crippen LogP contribution in [0.25, 0.3) is 0 Å². The van der Waals surface area contributed by atoms with Crippen LogP contribution in [0.5, 0.6) is 17.2 Å². The Morgan fingerprint density at radius 2 is 2.02 bits per heavy atom. The summed E-state index contributed by atoms with van der Waals surface area (Å²) in [7, 11) is 0. The molecule has 1 saturated carbocycles. The highest BCUT2D eigenvalue weighted by atomic mass is 19.4. The van der Waals surface area contributed by atoms with Crippen molar-refractivity contribution in [3.05, 3.63) is 76.5 Å². The first-order valence-electron chi connectivity index (χ1n) is 14.6. The van der Waals surface area contributed by atoms with Gasteiger partial charge < -0.3 is 20.1 Å². The van der Waals surface area contributed by atoms with Gasteiger partial charge in [0.25, 0.3) is 0 Å². The van der Waals surface area contributed by atoms with Crippen molar-refractivity contribution >= 4 is 17.5 Å². The van der Waals surface area contributed by atoms with E-state index in [-0.39, 0.29) is 59.8 Å². The highest BCUT2D eigenvalue weighted by Gasteiger charge is 2.59. The minimum atomic E-state index is -4.56. The van der Waals surface area contributed by atoms with Crippen molar-refractivity contribution < 1.29 is 32.2 Å². The summed E-state index contributed by atoms with van der Waals surface area (Å²) in [6.07, 6.45) is -2.18. The van der Waals surface area contributed by atoms with E-state index in [1.54, 1.807) is 18.3 Å². The summed E-state index contributed by atoms with van der Waals surface area (Å²) >= 11 is 0. The van der Waals surface area contributed by atoms with Crippen LogP contribution in [0.3, 0.4) is 0 Å². The number of benzene rings is 2. The summed E-state index contributed by atoms with van der Waals surface area (Å²) in [5.74, 6) is 1.88. The number of anilines is 1. The molecule has 4 aliphatic rings. The fourth-order valence-electron chi connectivity index (χ4n) is 6.62. The third-order valence-electron chi connectivity index (χ3n) is 8.81. The van der Waals surface area contributed by atoms with Crippen molar-refractivity contribution in [2.24, 2.45) is 5.92 Å². The number of nitrogens with zero attached hydrogens (tertiary/aromatic N) is 2. The number of ketones is 1. The van der Waals surface area contributed by atoms with Crippen LogP contribution in [0.2, 0.25) is 0 Å². The minimum Gasteiger partial charge on any atom is -0.489 e. The molecule has 11 heteroatoms. The van der Waals surface area contributed by atoms with Gasteiger partial charge in [0.15, 0.2) is 5.78 Å². The van der Waals surface area contributed by atoms with Crippen molar-refractivity contribution in [3.8, 4) is 17.2 Å². The number of nitrogens with one attached hydrogen (secondary N) is 2. The molecule has 2 fully saturated rings. The summed E-state index contributed by atoms with van der Waals surface area (Å²) in [5, 5.41) is 6.06. The molecule has 224 valence electrons. The quantitative estimate of drug-likeness (QED) is 0.359. The van der Waals surface area contributed by atoms with Gasteiger partial charge in [-0.3, -0.25) is 14.5 Å². The zero-order chi connectivity index (χ0) is 29.9. The van der Waals surface area contributed by atoms with Crippen LogP contribution < -0.4 is 20.1 Å². The lowest BCUT2D eigenvalue weighted by molar-refractivity contribution is -0.138. The molecule has 8 nitrogen and oxygen atoms in total. The number of ether oxygens (including phenoxy) is 2. The summed E-state index contributed by atoms with van der Waals surface area (Å²) in [6, 6.07) is 11.5. The molecule has 3 aliphatic heterocycles. The Hall–Kier alpha value is -3.96. The van der Waals surface area contributed by atoms with Gasteiger partial charge >= 0.3 is 6.18 Å². The first kappa shape index (κ1) is 27.8. The molecule has 2 N–H and O–H groups in total. The number of alkyl halides is 3. The average molecular weight is 593 g/mol. The van der Waals surface area contributed by atoms with Gasteiger partial charge in [-0.25, -0.2) is 4.98 Å². The number of aromatic nitrogens is 1. The van der Waals surface area contributed by atoms with Gasteiger partial charge in [0.2, 0.25) is 5.91 Å². The molecule has 3 aromatic rings. The van der Waals surface area contributed by atoms with E-state index >= 15 is 0 Å². The van der Waals surface area contributed by atoms with Crippen molar-refractivity contribution in [3.63, 3.8) is 0 Å². The number of hydrogen-bond acceptors (Lipinski definition) is 7. The van der Waals surface area contributed by atoms with E-state index in [2.05, 4.69) is 15.6 Å². The Balaban J connectivity index is 1.05. The molecule has 7 rings (SSSR count). The largest absolute Gasteiger partial charge is 0.489 e. The Labute approximate surface area is 246 Å². The highest BCUT2D eigenvalue weighted by molar-refractivity contribution is 5.97. The van der Waals surface area contributed by atoms with Gasteiger partial charge in [-0.2, -0.15) is 13.2 Å². The molecule has 1 amide bonds. The fourth-order valence-corrected chi connectivity index (χ4v) is 6.62. The number of amides is 1. The summed E-state index contributed by atoms with van der Waals surface area (Å²) in [6.45, 7) is 4.27. The molecule has 4 heterocycles. The SMILES string of the molecule is C[C@H]1CN(Cc2ccc(C(=O)C[C@@H]3[C@H]4Oc5ccc(Oc6ccnc7c6CCC(=O)N7)cc5[C@@H]34)cc2C(F)(F)F)CCN1. The number of Topliss-reactive ketones (excluding diaryl/α,β-unsaturated/α-hetero) is 1. The van der Waals surface area contributed by atoms with E-state index in [4.69, 9.17) is 9.47 Å². The molecule has 0 bridgehead atoms. The molecular weight excluding hydrogens is 561 g/mol. The van der Waals surface area contributed by atoms with Crippen LogP contribution in [-0.4, -0.2) is 53.4 Å². The number of fused-ring (bicyclic) bond motifs is 4. The molecule has 1 aliphatic carbocycles. The first-order chi connectivity index (χ1) is 20.6. The van der Waals surface area contributed by atoms with Crippen LogP contribution in [0.15, 0.2) is 48.7 Å². The van der Waals surface area contributed by atoms with Gasteiger partial charge in [-0.1, -0.05) is 12.1 Å². The molecule has 4 atom stereocenters. The van der Waals surface area contributed by atoms with Gasteiger partial charge in [0, 0.05) is 79.8 Å². The van der Waals surface area contributed by atoms with E-state index in [1.807, 2.05) is 24.0 Å². The number of carbonyl (C=O) groups excluding carboxylic acids is 2. The second-order valence-electron chi connectivity index (χ2n) is 11.8. The number of rotatable bonds is 7. The Morgan fingerprint density at radius 1 is 1.16 bits per heavy atom. The van der Waals surface area contributed by atoms with Crippen LogP contribution in [0, 0.1) is 5.92 Å². The maximum Gasteiger partial charge on any atom is 0.416 e. The van der Waals surface area contributed by atoms with Crippen LogP contribution >= 0.6 is 0 Å². The summed E-state index contributed by atoms with van der Waals surface area (Å²) in [5.41, 5.74) is 1.26. The summed E-state index contributed by atoms with van der Waals surface area (Å²) in [4.78, 5) is 31.2. The van der Waals surface area contributed by atoms with Crippen LogP contribution in [-0.2, 0) is 23.9 Å². The zero-order valence-corrected chi connectivity index (χ0v) is 23.5. The Morgan fingerprint density at radius 3 is 2.84 bits per heavy atom. The molecule has 2 aromatic carbocycles. The fraction of sp³-hybridized carbons (Fsp3) is 0.406. The van der Waals surface area contributed by atoms with Crippen molar-refractivity contribution in [2.75, 3.05) is 25.0 Å². The maximum absolute atomic E-state index is 14.1. The number of piperazine rings is 1. The van der Waals surface area contributed by atoms with Crippen molar-refractivity contribution in [1.29, 1.82) is 0 Å².